The van der Waals surface area contributed by atoms with Gasteiger partial charge in [0.05, 0.1) is 0 Å². The number of nitrogens with one attached hydrogen (secondary N) is 1. The van der Waals surface area contributed by atoms with Crippen LogP contribution < -0.4 is 10.1 Å². The van der Waals surface area contributed by atoms with Crippen molar-refractivity contribution in [2.45, 2.75) is 39.7 Å². The number of benzene rings is 1. The van der Waals surface area contributed by atoms with Crippen LogP contribution in [0.2, 0.25) is 0 Å². The summed E-state index contributed by atoms with van der Waals surface area (Å²) in [6, 6.07) is 6.45. The van der Waals surface area contributed by atoms with Crippen LogP contribution >= 0.6 is 0 Å². The molecular formula is C15H23NO. The summed E-state index contributed by atoms with van der Waals surface area (Å²) in [6.07, 6.45) is 2.60. The van der Waals surface area contributed by atoms with Crippen molar-refractivity contribution in [2.24, 2.45) is 5.92 Å². The van der Waals surface area contributed by atoms with Crippen molar-refractivity contribution < 1.29 is 4.74 Å². The Hall–Kier alpha value is -1.02. The van der Waals surface area contributed by atoms with Gasteiger partial charge in [0.25, 0.3) is 0 Å². The molecule has 1 heterocycles. The van der Waals surface area contributed by atoms with Gasteiger partial charge in [-0.25, -0.2) is 0 Å². The van der Waals surface area contributed by atoms with Crippen LogP contribution in [0.25, 0.3) is 0 Å². The molecule has 1 aliphatic heterocycles. The van der Waals surface area contributed by atoms with Gasteiger partial charge in [0.1, 0.15) is 11.9 Å². The number of hydrogen-bond donors (Lipinski definition) is 1. The van der Waals surface area contributed by atoms with Crippen molar-refractivity contribution >= 4 is 0 Å². The third-order valence-corrected chi connectivity index (χ3v) is 3.23. The zero-order valence-corrected chi connectivity index (χ0v) is 11.1. The van der Waals surface area contributed by atoms with Crippen LogP contribution in [0.1, 0.15) is 31.4 Å². The minimum atomic E-state index is 0.318. The Morgan fingerprint density at radius 2 is 2.24 bits per heavy atom. The first-order valence-electron chi connectivity index (χ1n) is 6.62. The van der Waals surface area contributed by atoms with Crippen molar-refractivity contribution in [3.05, 3.63) is 29.3 Å². The molecule has 0 fully saturated rings. The Kier molecular flexibility index (Phi) is 4.06. The molecule has 0 aromatic heterocycles. The molecule has 1 aliphatic rings. The molecule has 0 bridgehead atoms. The van der Waals surface area contributed by atoms with E-state index in [0.717, 1.165) is 31.2 Å². The van der Waals surface area contributed by atoms with Crippen LogP contribution in [0.15, 0.2) is 18.2 Å². The highest BCUT2D eigenvalue weighted by Crippen LogP contribution is 2.29. The first-order valence-corrected chi connectivity index (χ1v) is 6.62. The monoisotopic (exact) mass is 233 g/mol. The molecule has 0 spiro atoms. The van der Waals surface area contributed by atoms with E-state index >= 15 is 0 Å². The number of fused-ring (bicyclic) bond motifs is 1. The lowest BCUT2D eigenvalue weighted by molar-refractivity contribution is 0.227. The number of aryl methyl sites for hydroxylation is 1. The Bertz CT molecular complexity index is 373. The lowest BCUT2D eigenvalue weighted by atomic mass is 10.1. The quantitative estimate of drug-likeness (QED) is 0.790. The van der Waals surface area contributed by atoms with Gasteiger partial charge in [0.15, 0.2) is 0 Å². The highest BCUT2D eigenvalue weighted by atomic mass is 16.5. The average Bonchev–Trinajstić information content (AvgIpc) is 2.66. The van der Waals surface area contributed by atoms with Crippen LogP contribution in [0.3, 0.4) is 0 Å². The minimum Gasteiger partial charge on any atom is -0.488 e. The standard InChI is InChI=1S/C15H23NO/c1-11(2)6-7-16-10-14-9-13-8-12(3)4-5-15(13)17-14/h4-5,8,11,14,16H,6-7,9-10H2,1-3H3. The van der Waals surface area contributed by atoms with E-state index in [1.165, 1.54) is 17.5 Å². The first kappa shape index (κ1) is 12.4. The molecule has 94 valence electrons. The molecule has 0 radical (unpaired) electrons. The third-order valence-electron chi connectivity index (χ3n) is 3.23. The fourth-order valence-corrected chi connectivity index (χ4v) is 2.22. The molecule has 2 heteroatoms. The summed E-state index contributed by atoms with van der Waals surface area (Å²) < 4.78 is 5.91. The summed E-state index contributed by atoms with van der Waals surface area (Å²) in [7, 11) is 0. The number of hydrogen-bond acceptors (Lipinski definition) is 2. The lowest BCUT2D eigenvalue weighted by Crippen LogP contribution is -2.31. The van der Waals surface area contributed by atoms with E-state index in [1.54, 1.807) is 0 Å². The van der Waals surface area contributed by atoms with Crippen LogP contribution in [0, 0.1) is 12.8 Å². The van der Waals surface area contributed by atoms with Crippen molar-refractivity contribution in [1.82, 2.24) is 5.32 Å². The van der Waals surface area contributed by atoms with Crippen LogP contribution in [-0.2, 0) is 6.42 Å². The van der Waals surface area contributed by atoms with Crippen LogP contribution in [-0.4, -0.2) is 19.2 Å². The molecule has 1 aromatic rings. The van der Waals surface area contributed by atoms with Gasteiger partial charge in [0, 0.05) is 13.0 Å². The van der Waals surface area contributed by atoms with Crippen LogP contribution in [0.4, 0.5) is 0 Å². The molecule has 2 nitrogen and oxygen atoms in total. The number of rotatable bonds is 5. The maximum absolute atomic E-state index is 5.91. The third kappa shape index (κ3) is 3.47. The maximum atomic E-state index is 5.91. The fraction of sp³-hybridized carbons (Fsp3) is 0.600. The van der Waals surface area contributed by atoms with Crippen molar-refractivity contribution in [1.29, 1.82) is 0 Å². The molecule has 1 aromatic carbocycles. The van der Waals surface area contributed by atoms with Gasteiger partial charge in [-0.2, -0.15) is 0 Å². The lowest BCUT2D eigenvalue weighted by Gasteiger charge is -2.12. The topological polar surface area (TPSA) is 21.3 Å². The second-order valence-electron chi connectivity index (χ2n) is 5.44. The Labute approximate surface area is 104 Å². The summed E-state index contributed by atoms with van der Waals surface area (Å²) in [5.74, 6) is 1.85. The molecule has 0 saturated heterocycles. The largest absolute Gasteiger partial charge is 0.488 e. The van der Waals surface area contributed by atoms with E-state index in [2.05, 4.69) is 44.3 Å². The highest BCUT2D eigenvalue weighted by molar-refractivity contribution is 5.40. The van der Waals surface area contributed by atoms with Gasteiger partial charge in [0.2, 0.25) is 0 Å². The molecule has 1 unspecified atom stereocenters. The van der Waals surface area contributed by atoms with E-state index in [0.29, 0.717) is 6.10 Å². The van der Waals surface area contributed by atoms with E-state index in [-0.39, 0.29) is 0 Å². The average molecular weight is 233 g/mol. The molecule has 2 rings (SSSR count). The summed E-state index contributed by atoms with van der Waals surface area (Å²) in [4.78, 5) is 0. The summed E-state index contributed by atoms with van der Waals surface area (Å²) in [5, 5.41) is 3.48. The second-order valence-corrected chi connectivity index (χ2v) is 5.44. The molecular weight excluding hydrogens is 210 g/mol. The molecule has 1 atom stereocenters. The molecule has 0 aliphatic carbocycles. The Morgan fingerprint density at radius 1 is 1.41 bits per heavy atom. The Balaban J connectivity index is 1.76. The first-order chi connectivity index (χ1) is 8.15. The maximum Gasteiger partial charge on any atom is 0.123 e. The minimum absolute atomic E-state index is 0.318. The van der Waals surface area contributed by atoms with Gasteiger partial charge in [-0.3, -0.25) is 0 Å². The van der Waals surface area contributed by atoms with Gasteiger partial charge >= 0.3 is 0 Å². The summed E-state index contributed by atoms with van der Waals surface area (Å²) >= 11 is 0. The molecule has 0 amide bonds. The van der Waals surface area contributed by atoms with Crippen molar-refractivity contribution in [3.8, 4) is 5.75 Å². The van der Waals surface area contributed by atoms with E-state index < -0.39 is 0 Å². The SMILES string of the molecule is Cc1ccc2c(c1)CC(CNCCC(C)C)O2. The molecule has 0 saturated carbocycles. The normalized spacial score (nSPS) is 18.2. The van der Waals surface area contributed by atoms with Crippen molar-refractivity contribution in [3.63, 3.8) is 0 Å². The van der Waals surface area contributed by atoms with Gasteiger partial charge in [-0.15, -0.1) is 0 Å². The van der Waals surface area contributed by atoms with Gasteiger partial charge in [-0.05, 0) is 37.4 Å². The van der Waals surface area contributed by atoms with Gasteiger partial charge in [-0.1, -0.05) is 31.5 Å². The summed E-state index contributed by atoms with van der Waals surface area (Å²) in [5.41, 5.74) is 2.68. The zero-order chi connectivity index (χ0) is 12.3. The highest BCUT2D eigenvalue weighted by Gasteiger charge is 2.22. The van der Waals surface area contributed by atoms with E-state index in [1.807, 2.05) is 0 Å². The van der Waals surface area contributed by atoms with Gasteiger partial charge < -0.3 is 10.1 Å². The Morgan fingerprint density at radius 3 is 3.00 bits per heavy atom. The van der Waals surface area contributed by atoms with E-state index in [9.17, 15) is 0 Å². The number of ether oxygens (including phenoxy) is 1. The predicted molar refractivity (Wildman–Crippen MR) is 71.6 cm³/mol. The molecule has 1 N–H and O–H groups in total. The fourth-order valence-electron chi connectivity index (χ4n) is 2.22. The zero-order valence-electron chi connectivity index (χ0n) is 11.1. The summed E-state index contributed by atoms with van der Waals surface area (Å²) in [6.45, 7) is 8.70. The van der Waals surface area contributed by atoms with E-state index in [4.69, 9.17) is 4.74 Å². The smallest absolute Gasteiger partial charge is 0.123 e. The predicted octanol–water partition coefficient (Wildman–Crippen LogP) is 2.93. The second kappa shape index (κ2) is 5.54. The van der Waals surface area contributed by atoms with Crippen LogP contribution in [0.5, 0.6) is 5.75 Å². The van der Waals surface area contributed by atoms with Crippen molar-refractivity contribution in [2.75, 3.05) is 13.1 Å². The molecule has 17 heavy (non-hydrogen) atoms.